The largest absolute Gasteiger partial charge is 0.346 e. The van der Waals surface area contributed by atoms with Gasteiger partial charge in [-0.2, -0.15) is 0 Å². The first-order valence-corrected chi connectivity index (χ1v) is 8.92. The van der Waals surface area contributed by atoms with Crippen molar-refractivity contribution in [3.05, 3.63) is 35.4 Å². The first kappa shape index (κ1) is 18.5. The van der Waals surface area contributed by atoms with Crippen molar-refractivity contribution in [2.75, 3.05) is 26.7 Å². The van der Waals surface area contributed by atoms with E-state index in [9.17, 15) is 9.59 Å². The number of benzene rings is 1. The lowest BCUT2D eigenvalue weighted by Gasteiger charge is -2.23. The first-order valence-electron chi connectivity index (χ1n) is 8.92. The van der Waals surface area contributed by atoms with E-state index in [4.69, 9.17) is 0 Å². The summed E-state index contributed by atoms with van der Waals surface area (Å²) in [6.45, 7) is 10.0. The molecule has 2 amide bonds. The fourth-order valence-electron chi connectivity index (χ4n) is 3.33. The molecule has 132 valence electrons. The van der Waals surface area contributed by atoms with Crippen molar-refractivity contribution >= 4 is 11.8 Å². The molecule has 1 saturated heterocycles. The zero-order valence-corrected chi connectivity index (χ0v) is 15.6. The summed E-state index contributed by atoms with van der Waals surface area (Å²) in [5, 5.41) is 0. The summed E-state index contributed by atoms with van der Waals surface area (Å²) < 4.78 is 0. The maximum atomic E-state index is 12.8. The van der Waals surface area contributed by atoms with Gasteiger partial charge in [0.05, 0.1) is 5.92 Å². The monoisotopic (exact) mass is 330 g/mol. The lowest BCUT2D eigenvalue weighted by molar-refractivity contribution is -0.134. The summed E-state index contributed by atoms with van der Waals surface area (Å²) in [4.78, 5) is 29.0. The Hall–Kier alpha value is -1.84. The lowest BCUT2D eigenvalue weighted by Crippen LogP contribution is -2.37. The third kappa shape index (κ3) is 4.16. The minimum atomic E-state index is -0.145. The van der Waals surface area contributed by atoms with Gasteiger partial charge >= 0.3 is 0 Å². The molecule has 2 rings (SSSR count). The van der Waals surface area contributed by atoms with Crippen LogP contribution in [-0.4, -0.2) is 48.3 Å². The fourth-order valence-corrected chi connectivity index (χ4v) is 3.33. The third-order valence-corrected chi connectivity index (χ3v) is 4.93. The van der Waals surface area contributed by atoms with Crippen LogP contribution in [0.3, 0.4) is 0 Å². The second-order valence-electron chi connectivity index (χ2n) is 7.37. The van der Waals surface area contributed by atoms with Crippen molar-refractivity contribution in [3.8, 4) is 0 Å². The highest BCUT2D eigenvalue weighted by Gasteiger charge is 2.41. The van der Waals surface area contributed by atoms with E-state index in [0.717, 1.165) is 5.56 Å². The van der Waals surface area contributed by atoms with Gasteiger partial charge in [0.15, 0.2) is 0 Å². The van der Waals surface area contributed by atoms with Crippen LogP contribution in [0.25, 0.3) is 0 Å². The van der Waals surface area contributed by atoms with Crippen LogP contribution < -0.4 is 0 Å². The van der Waals surface area contributed by atoms with Gasteiger partial charge in [0, 0.05) is 39.0 Å². The van der Waals surface area contributed by atoms with Gasteiger partial charge in [-0.1, -0.05) is 43.7 Å². The number of nitrogens with zero attached hydrogens (tertiary/aromatic N) is 2. The van der Waals surface area contributed by atoms with Gasteiger partial charge in [-0.15, -0.1) is 0 Å². The predicted molar refractivity (Wildman–Crippen MR) is 96.8 cm³/mol. The molecule has 0 spiro atoms. The molecule has 2 atom stereocenters. The Kier molecular flexibility index (Phi) is 6.03. The summed E-state index contributed by atoms with van der Waals surface area (Å²) in [6.07, 6.45) is 0.547. The standard InChI is InChI=1S/C20H30N2O2/c1-6-21(5)20(24)18-13-22(19(23)11-14(2)3)12-17(18)16-9-7-15(4)8-10-16/h7-10,14,17-18H,6,11-13H2,1-5H3. The minimum Gasteiger partial charge on any atom is -0.346 e. The highest BCUT2D eigenvalue weighted by Crippen LogP contribution is 2.34. The molecule has 0 bridgehead atoms. The second-order valence-corrected chi connectivity index (χ2v) is 7.37. The fraction of sp³-hybridized carbons (Fsp3) is 0.600. The average Bonchev–Trinajstić information content (AvgIpc) is 2.98. The van der Waals surface area contributed by atoms with E-state index in [1.165, 1.54) is 5.56 Å². The van der Waals surface area contributed by atoms with Gasteiger partial charge in [0.1, 0.15) is 0 Å². The van der Waals surface area contributed by atoms with E-state index in [1.54, 1.807) is 4.90 Å². The van der Waals surface area contributed by atoms with Gasteiger partial charge in [-0.3, -0.25) is 9.59 Å². The molecule has 1 aromatic carbocycles. The van der Waals surface area contributed by atoms with Crippen LogP contribution in [0.5, 0.6) is 0 Å². The van der Waals surface area contributed by atoms with Gasteiger partial charge in [0.2, 0.25) is 11.8 Å². The van der Waals surface area contributed by atoms with Crippen LogP contribution in [0, 0.1) is 18.8 Å². The molecule has 0 saturated carbocycles. The lowest BCUT2D eigenvalue weighted by atomic mass is 9.87. The number of carbonyl (C=O) groups excluding carboxylic acids is 2. The molecule has 4 nitrogen and oxygen atoms in total. The molecule has 1 aliphatic heterocycles. The van der Waals surface area contributed by atoms with Gasteiger partial charge in [0.25, 0.3) is 0 Å². The maximum Gasteiger partial charge on any atom is 0.227 e. The van der Waals surface area contributed by atoms with Crippen molar-refractivity contribution in [3.63, 3.8) is 0 Å². The molecular formula is C20H30N2O2. The van der Waals surface area contributed by atoms with Crippen LogP contribution in [0.2, 0.25) is 0 Å². The van der Waals surface area contributed by atoms with E-state index < -0.39 is 0 Å². The molecule has 0 aliphatic carbocycles. The number of hydrogen-bond acceptors (Lipinski definition) is 2. The Morgan fingerprint density at radius 3 is 2.38 bits per heavy atom. The van der Waals surface area contributed by atoms with E-state index >= 15 is 0 Å². The minimum absolute atomic E-state index is 0.0863. The number of likely N-dealkylation sites (tertiary alicyclic amines) is 1. The molecule has 2 unspecified atom stereocenters. The van der Waals surface area contributed by atoms with Crippen LogP contribution in [0.4, 0.5) is 0 Å². The zero-order chi connectivity index (χ0) is 17.9. The second kappa shape index (κ2) is 7.82. The molecule has 1 aliphatic rings. The summed E-state index contributed by atoms with van der Waals surface area (Å²) in [6, 6.07) is 8.36. The van der Waals surface area contributed by atoms with Gasteiger partial charge in [-0.05, 0) is 25.3 Å². The predicted octanol–water partition coefficient (Wildman–Crippen LogP) is 3.06. The van der Waals surface area contributed by atoms with Gasteiger partial charge < -0.3 is 9.80 Å². The number of rotatable bonds is 5. The molecule has 1 aromatic rings. The molecule has 0 aromatic heterocycles. The molecule has 0 radical (unpaired) electrons. The topological polar surface area (TPSA) is 40.6 Å². The van der Waals surface area contributed by atoms with E-state index in [-0.39, 0.29) is 23.7 Å². The van der Waals surface area contributed by atoms with Crippen LogP contribution in [0.15, 0.2) is 24.3 Å². The Morgan fingerprint density at radius 2 is 1.83 bits per heavy atom. The first-order chi connectivity index (χ1) is 11.3. The Morgan fingerprint density at radius 1 is 1.21 bits per heavy atom. The number of amides is 2. The quantitative estimate of drug-likeness (QED) is 0.832. The van der Waals surface area contributed by atoms with Crippen molar-refractivity contribution in [1.82, 2.24) is 9.80 Å². The summed E-state index contributed by atoms with van der Waals surface area (Å²) >= 11 is 0. The van der Waals surface area contributed by atoms with Crippen molar-refractivity contribution in [2.45, 2.75) is 40.0 Å². The highest BCUT2D eigenvalue weighted by atomic mass is 16.2. The molecule has 1 heterocycles. The van der Waals surface area contributed by atoms with Crippen LogP contribution in [-0.2, 0) is 9.59 Å². The van der Waals surface area contributed by atoms with Crippen LogP contribution in [0.1, 0.15) is 44.2 Å². The SMILES string of the molecule is CCN(C)C(=O)C1CN(C(=O)CC(C)C)CC1c1ccc(C)cc1. The Labute approximate surface area is 145 Å². The Bertz CT molecular complexity index is 580. The average molecular weight is 330 g/mol. The molecule has 0 N–H and O–H groups in total. The zero-order valence-electron chi connectivity index (χ0n) is 15.6. The molecule has 24 heavy (non-hydrogen) atoms. The van der Waals surface area contributed by atoms with E-state index in [2.05, 4.69) is 45.0 Å². The summed E-state index contributed by atoms with van der Waals surface area (Å²) in [5.74, 6) is 0.583. The molecule has 1 fully saturated rings. The highest BCUT2D eigenvalue weighted by molar-refractivity contribution is 5.83. The Balaban J connectivity index is 2.24. The summed E-state index contributed by atoms with van der Waals surface area (Å²) in [7, 11) is 1.84. The third-order valence-electron chi connectivity index (χ3n) is 4.93. The number of aryl methyl sites for hydroxylation is 1. The normalized spacial score (nSPS) is 20.5. The van der Waals surface area contributed by atoms with Crippen molar-refractivity contribution in [2.24, 2.45) is 11.8 Å². The molecule has 4 heteroatoms. The number of carbonyl (C=O) groups is 2. The van der Waals surface area contributed by atoms with E-state index in [0.29, 0.717) is 32.0 Å². The van der Waals surface area contributed by atoms with Crippen LogP contribution >= 0.6 is 0 Å². The van der Waals surface area contributed by atoms with Crippen molar-refractivity contribution in [1.29, 1.82) is 0 Å². The maximum absolute atomic E-state index is 12.8. The molecular weight excluding hydrogens is 300 g/mol. The summed E-state index contributed by atoms with van der Waals surface area (Å²) in [5.41, 5.74) is 2.36. The van der Waals surface area contributed by atoms with Gasteiger partial charge in [-0.25, -0.2) is 0 Å². The number of hydrogen-bond donors (Lipinski definition) is 0. The smallest absolute Gasteiger partial charge is 0.227 e. The van der Waals surface area contributed by atoms with Crippen molar-refractivity contribution < 1.29 is 9.59 Å². The van der Waals surface area contributed by atoms with E-state index in [1.807, 2.05) is 18.9 Å².